The molecule has 1 aliphatic heterocycles. The van der Waals surface area contributed by atoms with E-state index in [1.54, 1.807) is 0 Å². The first-order valence-electron chi connectivity index (χ1n) is 8.11. The summed E-state index contributed by atoms with van der Waals surface area (Å²) in [5.74, 6) is -0.272. The average Bonchev–Trinajstić information content (AvgIpc) is 2.88. The molecule has 1 aromatic carbocycles. The molecule has 1 heterocycles. The SMILES string of the molecule is C[C@@H]1CC(=O)CC[C@H]1C(=O)N1C(=O)OC[C@H]1Cc1ccccc1. The monoisotopic (exact) mass is 315 g/mol. The normalized spacial score (nSPS) is 27.9. The van der Waals surface area contributed by atoms with Gasteiger partial charge in [-0.05, 0) is 24.3 Å². The van der Waals surface area contributed by atoms with E-state index in [1.165, 1.54) is 4.90 Å². The predicted octanol–water partition coefficient (Wildman–Crippen LogP) is 2.58. The lowest BCUT2D eigenvalue weighted by Gasteiger charge is -2.31. The van der Waals surface area contributed by atoms with Crippen molar-refractivity contribution in [3.63, 3.8) is 0 Å². The summed E-state index contributed by atoms with van der Waals surface area (Å²) < 4.78 is 5.12. The zero-order chi connectivity index (χ0) is 16.4. The minimum absolute atomic E-state index is 0.0190. The zero-order valence-corrected chi connectivity index (χ0v) is 13.2. The third-order valence-corrected chi connectivity index (χ3v) is 4.80. The Morgan fingerprint density at radius 1 is 1.26 bits per heavy atom. The van der Waals surface area contributed by atoms with E-state index < -0.39 is 6.09 Å². The van der Waals surface area contributed by atoms with Crippen LogP contribution in [-0.2, 0) is 20.7 Å². The van der Waals surface area contributed by atoms with Crippen LogP contribution in [0, 0.1) is 11.8 Å². The van der Waals surface area contributed by atoms with Gasteiger partial charge in [0.05, 0.1) is 6.04 Å². The highest BCUT2D eigenvalue weighted by atomic mass is 16.6. The predicted molar refractivity (Wildman–Crippen MR) is 83.6 cm³/mol. The van der Waals surface area contributed by atoms with Gasteiger partial charge < -0.3 is 4.74 Å². The standard InChI is InChI=1S/C18H21NO4/c1-12-9-15(20)7-8-16(12)17(21)19-14(11-23-18(19)22)10-13-5-3-2-4-6-13/h2-6,12,14,16H,7-11H2,1H3/t12-,14-,16-/m1/s1. The van der Waals surface area contributed by atoms with Crippen LogP contribution < -0.4 is 0 Å². The van der Waals surface area contributed by atoms with Gasteiger partial charge in [-0.2, -0.15) is 0 Å². The molecule has 2 amide bonds. The van der Waals surface area contributed by atoms with Crippen LogP contribution in [0.5, 0.6) is 0 Å². The van der Waals surface area contributed by atoms with Gasteiger partial charge in [-0.1, -0.05) is 37.3 Å². The number of cyclic esters (lactones) is 1. The second-order valence-corrected chi connectivity index (χ2v) is 6.49. The summed E-state index contributed by atoms with van der Waals surface area (Å²) in [4.78, 5) is 37.7. The summed E-state index contributed by atoms with van der Waals surface area (Å²) in [5, 5.41) is 0. The molecule has 3 atom stereocenters. The lowest BCUT2D eigenvalue weighted by Crippen LogP contribution is -2.46. The van der Waals surface area contributed by atoms with E-state index in [0.717, 1.165) is 5.56 Å². The molecule has 0 radical (unpaired) electrons. The van der Waals surface area contributed by atoms with Crippen molar-refractivity contribution in [2.45, 2.75) is 38.6 Å². The summed E-state index contributed by atoms with van der Waals surface area (Å²) in [6.07, 6.45) is 1.41. The Bertz CT molecular complexity index is 613. The lowest BCUT2D eigenvalue weighted by atomic mass is 9.79. The zero-order valence-electron chi connectivity index (χ0n) is 13.2. The van der Waals surface area contributed by atoms with Gasteiger partial charge in [0, 0.05) is 18.8 Å². The van der Waals surface area contributed by atoms with Crippen molar-refractivity contribution in [1.82, 2.24) is 4.90 Å². The molecule has 122 valence electrons. The summed E-state index contributed by atoms with van der Waals surface area (Å²) in [6, 6.07) is 9.51. The Morgan fingerprint density at radius 3 is 2.70 bits per heavy atom. The highest BCUT2D eigenvalue weighted by Gasteiger charge is 2.43. The van der Waals surface area contributed by atoms with Gasteiger partial charge in [0.15, 0.2) is 0 Å². The molecule has 5 heteroatoms. The molecule has 5 nitrogen and oxygen atoms in total. The number of amides is 2. The fourth-order valence-corrected chi connectivity index (χ4v) is 3.52. The molecule has 1 aromatic rings. The topological polar surface area (TPSA) is 63.7 Å². The number of carbonyl (C=O) groups excluding carboxylic acids is 3. The van der Waals surface area contributed by atoms with Crippen molar-refractivity contribution in [3.8, 4) is 0 Å². The number of imide groups is 1. The number of rotatable bonds is 3. The van der Waals surface area contributed by atoms with Gasteiger partial charge in [0.1, 0.15) is 12.4 Å². The molecule has 1 saturated carbocycles. The second kappa shape index (κ2) is 6.52. The number of ether oxygens (including phenoxy) is 1. The first-order chi connectivity index (χ1) is 11.1. The molecular weight excluding hydrogens is 294 g/mol. The van der Waals surface area contributed by atoms with Crippen LogP contribution in [0.15, 0.2) is 30.3 Å². The van der Waals surface area contributed by atoms with Crippen LogP contribution in [0.2, 0.25) is 0 Å². The molecule has 1 aliphatic carbocycles. The van der Waals surface area contributed by atoms with Gasteiger partial charge in [-0.3, -0.25) is 9.59 Å². The second-order valence-electron chi connectivity index (χ2n) is 6.49. The molecule has 0 spiro atoms. The summed E-state index contributed by atoms with van der Waals surface area (Å²) in [5.41, 5.74) is 1.07. The Hall–Kier alpha value is -2.17. The number of Topliss-reactive ketones (excluding diaryl/α,β-unsaturated/α-hetero) is 1. The molecule has 1 saturated heterocycles. The highest BCUT2D eigenvalue weighted by molar-refractivity contribution is 5.96. The van der Waals surface area contributed by atoms with Crippen LogP contribution in [0.4, 0.5) is 4.79 Å². The fourth-order valence-electron chi connectivity index (χ4n) is 3.52. The fraction of sp³-hybridized carbons (Fsp3) is 0.500. The van der Waals surface area contributed by atoms with Gasteiger partial charge in [0.25, 0.3) is 0 Å². The Kier molecular flexibility index (Phi) is 4.46. The summed E-state index contributed by atoms with van der Waals surface area (Å²) in [6.45, 7) is 2.15. The van der Waals surface area contributed by atoms with Gasteiger partial charge in [0.2, 0.25) is 5.91 Å². The lowest BCUT2D eigenvalue weighted by molar-refractivity contribution is -0.137. The van der Waals surface area contributed by atoms with Gasteiger partial charge >= 0.3 is 6.09 Å². The molecule has 2 aliphatic rings. The van der Waals surface area contributed by atoms with Crippen molar-refractivity contribution in [2.75, 3.05) is 6.61 Å². The van der Waals surface area contributed by atoms with Crippen molar-refractivity contribution in [1.29, 1.82) is 0 Å². The maximum atomic E-state index is 12.8. The van der Waals surface area contributed by atoms with Crippen LogP contribution >= 0.6 is 0 Å². The summed E-state index contributed by atoms with van der Waals surface area (Å²) in [7, 11) is 0. The number of ketones is 1. The quantitative estimate of drug-likeness (QED) is 0.860. The first-order valence-corrected chi connectivity index (χ1v) is 8.11. The Labute approximate surface area is 135 Å². The number of hydrogen-bond acceptors (Lipinski definition) is 4. The maximum absolute atomic E-state index is 12.8. The Morgan fingerprint density at radius 2 is 2.00 bits per heavy atom. The maximum Gasteiger partial charge on any atom is 0.416 e. The first kappa shape index (κ1) is 15.7. The minimum Gasteiger partial charge on any atom is -0.447 e. The van der Waals surface area contributed by atoms with Crippen LogP contribution in [0.1, 0.15) is 31.7 Å². The molecule has 0 aromatic heterocycles. The molecule has 3 rings (SSSR count). The minimum atomic E-state index is -0.556. The molecule has 23 heavy (non-hydrogen) atoms. The van der Waals surface area contributed by atoms with Crippen molar-refractivity contribution >= 4 is 17.8 Å². The smallest absolute Gasteiger partial charge is 0.416 e. The Balaban J connectivity index is 1.74. The third kappa shape index (κ3) is 3.28. The summed E-state index contributed by atoms with van der Waals surface area (Å²) >= 11 is 0. The molecule has 0 N–H and O–H groups in total. The van der Waals surface area contributed by atoms with Crippen LogP contribution in [0.25, 0.3) is 0 Å². The average molecular weight is 315 g/mol. The molecule has 0 unspecified atom stereocenters. The van der Waals surface area contributed by atoms with Crippen molar-refractivity contribution < 1.29 is 19.1 Å². The third-order valence-electron chi connectivity index (χ3n) is 4.80. The van der Waals surface area contributed by atoms with E-state index in [9.17, 15) is 14.4 Å². The van der Waals surface area contributed by atoms with E-state index in [0.29, 0.717) is 25.7 Å². The molecular formula is C18H21NO4. The van der Waals surface area contributed by atoms with E-state index in [-0.39, 0.29) is 36.2 Å². The van der Waals surface area contributed by atoms with Crippen molar-refractivity contribution in [2.24, 2.45) is 11.8 Å². The van der Waals surface area contributed by atoms with E-state index in [2.05, 4.69) is 0 Å². The highest BCUT2D eigenvalue weighted by Crippen LogP contribution is 2.31. The largest absolute Gasteiger partial charge is 0.447 e. The number of hydrogen-bond donors (Lipinski definition) is 0. The van der Waals surface area contributed by atoms with E-state index in [1.807, 2.05) is 37.3 Å². The van der Waals surface area contributed by atoms with E-state index >= 15 is 0 Å². The number of benzene rings is 1. The van der Waals surface area contributed by atoms with E-state index in [4.69, 9.17) is 4.74 Å². The molecule has 0 bridgehead atoms. The number of nitrogens with zero attached hydrogens (tertiary/aromatic N) is 1. The van der Waals surface area contributed by atoms with Gasteiger partial charge in [-0.15, -0.1) is 0 Å². The van der Waals surface area contributed by atoms with Crippen LogP contribution in [0.3, 0.4) is 0 Å². The van der Waals surface area contributed by atoms with Crippen molar-refractivity contribution in [3.05, 3.63) is 35.9 Å². The van der Waals surface area contributed by atoms with Gasteiger partial charge in [-0.25, -0.2) is 9.69 Å². The number of carbonyl (C=O) groups is 3. The molecule has 2 fully saturated rings. The van der Waals surface area contributed by atoms with Crippen LogP contribution in [-0.4, -0.2) is 35.3 Å².